The average molecular weight is 501 g/mol. The number of carbonyl (C=O) groups excluding carboxylic acids is 1. The van der Waals surface area contributed by atoms with Gasteiger partial charge < -0.3 is 13.9 Å². The summed E-state index contributed by atoms with van der Waals surface area (Å²) in [5.74, 6) is 1.97. The van der Waals surface area contributed by atoms with Crippen LogP contribution in [-0.4, -0.2) is 25.1 Å². The molecule has 0 unspecified atom stereocenters. The van der Waals surface area contributed by atoms with Crippen LogP contribution in [0.1, 0.15) is 5.76 Å². The predicted octanol–water partition coefficient (Wildman–Crippen LogP) is 7.05. The summed E-state index contributed by atoms with van der Waals surface area (Å²) in [6.07, 6.45) is 2.94. The first-order chi connectivity index (χ1) is 16.0. The largest absolute Gasteiger partial charge is 0.493 e. The van der Waals surface area contributed by atoms with Gasteiger partial charge in [-0.2, -0.15) is 0 Å². The van der Waals surface area contributed by atoms with Crippen LogP contribution in [0.5, 0.6) is 11.5 Å². The Labute approximate surface area is 204 Å². The molecule has 33 heavy (non-hydrogen) atoms. The third-order valence-corrected chi connectivity index (χ3v) is 6.23. The van der Waals surface area contributed by atoms with Gasteiger partial charge in [-0.05, 0) is 48.5 Å². The number of nitrogens with one attached hydrogen (secondary N) is 1. The molecule has 1 amide bonds. The zero-order chi connectivity index (χ0) is 23.4. The van der Waals surface area contributed by atoms with Crippen LogP contribution in [0.2, 0.25) is 10.0 Å². The van der Waals surface area contributed by atoms with Crippen LogP contribution < -0.4 is 14.8 Å². The van der Waals surface area contributed by atoms with Gasteiger partial charge in [0.1, 0.15) is 11.5 Å². The molecule has 0 spiro atoms. The lowest BCUT2D eigenvalue weighted by molar-refractivity contribution is -0.111. The van der Waals surface area contributed by atoms with Crippen LogP contribution in [0, 0.1) is 0 Å². The molecule has 0 aliphatic heterocycles. The molecule has 9 heteroatoms. The van der Waals surface area contributed by atoms with Gasteiger partial charge in [-0.15, -0.1) is 11.3 Å². The second-order valence-corrected chi connectivity index (χ2v) is 8.38. The first-order valence-corrected chi connectivity index (χ1v) is 11.3. The van der Waals surface area contributed by atoms with Gasteiger partial charge in [-0.3, -0.25) is 10.1 Å². The van der Waals surface area contributed by atoms with Crippen molar-refractivity contribution in [2.45, 2.75) is 0 Å². The molecule has 0 radical (unpaired) electrons. The number of methoxy groups -OCH3 is 2. The van der Waals surface area contributed by atoms with Crippen molar-refractivity contribution in [2.24, 2.45) is 0 Å². The number of benzene rings is 2. The molecule has 168 valence electrons. The fourth-order valence-electron chi connectivity index (χ4n) is 3.05. The molecule has 4 rings (SSSR count). The van der Waals surface area contributed by atoms with Crippen molar-refractivity contribution in [1.82, 2.24) is 4.98 Å². The maximum Gasteiger partial charge on any atom is 0.250 e. The number of halogens is 2. The zero-order valence-corrected chi connectivity index (χ0v) is 19.9. The number of anilines is 1. The first-order valence-electron chi connectivity index (χ1n) is 9.69. The van der Waals surface area contributed by atoms with Crippen molar-refractivity contribution < 1.29 is 18.7 Å². The lowest BCUT2D eigenvalue weighted by Gasteiger charge is -2.08. The van der Waals surface area contributed by atoms with Crippen LogP contribution >= 0.6 is 34.5 Å². The minimum Gasteiger partial charge on any atom is -0.493 e. The van der Waals surface area contributed by atoms with E-state index in [9.17, 15) is 4.79 Å². The molecule has 6 nitrogen and oxygen atoms in total. The van der Waals surface area contributed by atoms with Crippen molar-refractivity contribution in [3.63, 3.8) is 0 Å². The van der Waals surface area contributed by atoms with Gasteiger partial charge in [-0.1, -0.05) is 29.3 Å². The normalized spacial score (nSPS) is 11.0. The quantitative estimate of drug-likeness (QED) is 0.275. The van der Waals surface area contributed by atoms with E-state index in [0.29, 0.717) is 49.5 Å². The van der Waals surface area contributed by atoms with Crippen LogP contribution in [0.3, 0.4) is 0 Å². The highest BCUT2D eigenvalue weighted by Crippen LogP contribution is 2.35. The van der Waals surface area contributed by atoms with E-state index in [2.05, 4.69) is 10.3 Å². The van der Waals surface area contributed by atoms with E-state index in [1.54, 1.807) is 44.6 Å². The molecule has 0 saturated carbocycles. The van der Waals surface area contributed by atoms with Gasteiger partial charge in [0.25, 0.3) is 0 Å². The summed E-state index contributed by atoms with van der Waals surface area (Å²) in [4.78, 5) is 16.8. The van der Waals surface area contributed by atoms with E-state index >= 15 is 0 Å². The van der Waals surface area contributed by atoms with Gasteiger partial charge in [0.2, 0.25) is 5.91 Å². The molecular weight excluding hydrogens is 483 g/mol. The van der Waals surface area contributed by atoms with E-state index in [0.717, 1.165) is 5.56 Å². The molecule has 0 saturated heterocycles. The van der Waals surface area contributed by atoms with Gasteiger partial charge >= 0.3 is 0 Å². The highest BCUT2D eigenvalue weighted by Gasteiger charge is 2.12. The van der Waals surface area contributed by atoms with Crippen LogP contribution in [0.25, 0.3) is 28.7 Å². The highest BCUT2D eigenvalue weighted by molar-refractivity contribution is 7.14. The lowest BCUT2D eigenvalue weighted by atomic mass is 10.1. The van der Waals surface area contributed by atoms with Gasteiger partial charge in [0.15, 0.2) is 16.6 Å². The number of nitrogens with zero attached hydrogens (tertiary/aromatic N) is 1. The Morgan fingerprint density at radius 2 is 1.91 bits per heavy atom. The first kappa shape index (κ1) is 22.9. The molecular formula is C24H18Cl2N2O4S. The molecule has 0 aliphatic rings. The number of carbonyl (C=O) groups is 1. The zero-order valence-electron chi connectivity index (χ0n) is 17.6. The maximum atomic E-state index is 12.3. The summed E-state index contributed by atoms with van der Waals surface area (Å²) in [6, 6.07) is 14.3. The predicted molar refractivity (Wildman–Crippen MR) is 132 cm³/mol. The van der Waals surface area contributed by atoms with Crippen molar-refractivity contribution in [1.29, 1.82) is 0 Å². The summed E-state index contributed by atoms with van der Waals surface area (Å²) in [5, 5.41) is 5.94. The van der Waals surface area contributed by atoms with Crippen molar-refractivity contribution in [3.8, 4) is 34.1 Å². The van der Waals surface area contributed by atoms with Crippen LogP contribution in [0.4, 0.5) is 5.13 Å². The molecule has 2 aromatic heterocycles. The number of furan rings is 1. The molecule has 2 aromatic carbocycles. The third-order valence-electron chi connectivity index (χ3n) is 4.66. The number of rotatable bonds is 7. The van der Waals surface area contributed by atoms with Gasteiger partial charge in [-0.25, -0.2) is 4.98 Å². The van der Waals surface area contributed by atoms with Crippen LogP contribution in [-0.2, 0) is 4.79 Å². The summed E-state index contributed by atoms with van der Waals surface area (Å²) in [7, 11) is 3.16. The summed E-state index contributed by atoms with van der Waals surface area (Å²) in [6.45, 7) is 0. The number of hydrogen-bond acceptors (Lipinski definition) is 6. The number of amides is 1. The van der Waals surface area contributed by atoms with E-state index in [1.807, 2.05) is 29.6 Å². The number of ether oxygens (including phenoxy) is 2. The molecule has 0 aliphatic carbocycles. The van der Waals surface area contributed by atoms with Crippen molar-refractivity contribution in [2.75, 3.05) is 19.5 Å². The molecule has 4 aromatic rings. The van der Waals surface area contributed by atoms with E-state index in [4.69, 9.17) is 37.1 Å². The average Bonchev–Trinajstić information content (AvgIpc) is 3.49. The minimum absolute atomic E-state index is 0.332. The van der Waals surface area contributed by atoms with Crippen molar-refractivity contribution >= 4 is 51.7 Å². The standard InChI is InChI=1S/C24H18Cl2N2O4S/c1-30-20-9-6-14(12-21(20)31-2)18-13-33-24(27-18)28-22(29)11-8-15-7-10-19(32-15)16-4-3-5-17(25)23(16)26/h3-13H,1-2H3,(H,27,28,29). The van der Waals surface area contributed by atoms with E-state index in [-0.39, 0.29) is 5.91 Å². The topological polar surface area (TPSA) is 73.6 Å². The summed E-state index contributed by atoms with van der Waals surface area (Å²) < 4.78 is 16.4. The minimum atomic E-state index is -0.332. The van der Waals surface area contributed by atoms with E-state index in [1.165, 1.54) is 17.4 Å². The second kappa shape index (κ2) is 10.1. The molecule has 0 bridgehead atoms. The number of thiazole rings is 1. The Morgan fingerprint density at radius 1 is 1.09 bits per heavy atom. The number of aromatic nitrogens is 1. The Balaban J connectivity index is 1.42. The fourth-order valence-corrected chi connectivity index (χ4v) is 4.16. The summed E-state index contributed by atoms with van der Waals surface area (Å²) >= 11 is 13.6. The molecule has 0 fully saturated rings. The Bertz CT molecular complexity index is 1330. The molecule has 2 heterocycles. The maximum absolute atomic E-state index is 12.3. The smallest absolute Gasteiger partial charge is 0.250 e. The lowest BCUT2D eigenvalue weighted by Crippen LogP contribution is -2.07. The Kier molecular flexibility index (Phi) is 7.03. The van der Waals surface area contributed by atoms with Crippen LogP contribution in [0.15, 0.2) is 64.4 Å². The van der Waals surface area contributed by atoms with Gasteiger partial charge in [0, 0.05) is 22.6 Å². The second-order valence-electron chi connectivity index (χ2n) is 6.73. The number of hydrogen-bond donors (Lipinski definition) is 1. The summed E-state index contributed by atoms with van der Waals surface area (Å²) in [5.41, 5.74) is 2.25. The highest BCUT2D eigenvalue weighted by atomic mass is 35.5. The SMILES string of the molecule is COc1ccc(-c2csc(NC(=O)C=Cc3ccc(-c4cccc(Cl)c4Cl)o3)n2)cc1OC. The van der Waals surface area contributed by atoms with Gasteiger partial charge in [0.05, 0.1) is 30.0 Å². The Morgan fingerprint density at radius 3 is 2.70 bits per heavy atom. The Hall–Kier alpha value is -3.26. The van der Waals surface area contributed by atoms with Crippen molar-refractivity contribution in [3.05, 3.63) is 75.8 Å². The van der Waals surface area contributed by atoms with E-state index < -0.39 is 0 Å². The molecule has 0 atom stereocenters. The molecule has 1 N–H and O–H groups in total. The third kappa shape index (κ3) is 5.22. The monoisotopic (exact) mass is 500 g/mol. The fraction of sp³-hybridized carbons (Fsp3) is 0.0833.